The largest absolute Gasteiger partial charge is 1.00 e. The van der Waals surface area contributed by atoms with Gasteiger partial charge in [0.25, 0.3) is 0 Å². The molecule has 0 fully saturated rings. The molecule has 0 spiro atoms. The fourth-order valence-electron chi connectivity index (χ4n) is 0.301. The van der Waals surface area contributed by atoms with Crippen molar-refractivity contribution in [2.45, 2.75) is 6.92 Å². The van der Waals surface area contributed by atoms with Crippen molar-refractivity contribution >= 4 is 0 Å². The Labute approximate surface area is 60.9 Å². The van der Waals surface area contributed by atoms with Gasteiger partial charge in [-0.2, -0.15) is 0 Å². The molecule has 8 heavy (non-hydrogen) atoms. The minimum absolute atomic E-state index is 0. The van der Waals surface area contributed by atoms with Gasteiger partial charge in [0.2, 0.25) is 0 Å². The summed E-state index contributed by atoms with van der Waals surface area (Å²) in [5, 5.41) is 7.18. The topological polar surface area (TPSA) is 30.7 Å². The number of nitrogens with zero attached hydrogens (tertiary/aromatic N) is 3. The normalized spacial score (nSPS) is 8.25. The van der Waals surface area contributed by atoms with Gasteiger partial charge in [0.1, 0.15) is 0 Å². The summed E-state index contributed by atoms with van der Waals surface area (Å²) >= 11 is 0. The molecule has 0 atom stereocenters. The Kier molecular flexibility index (Phi) is 2.84. The molecule has 3 nitrogen and oxygen atoms in total. The molecule has 45 valence electrons. The van der Waals surface area contributed by atoms with E-state index in [1.54, 1.807) is 4.57 Å². The molecule has 1 rings (SSSR count). The first-order chi connectivity index (χ1) is 3.30. The number of hydrogen-bond donors (Lipinski definition) is 0. The fraction of sp³-hybridized carbons (Fsp3) is 0.500. The van der Waals surface area contributed by atoms with E-state index in [9.17, 15) is 0 Å². The number of aromatic nitrogens is 3. The molecule has 0 amide bonds. The molecule has 0 aliphatic heterocycles. The third-order valence-electron chi connectivity index (χ3n) is 0.875. The van der Waals surface area contributed by atoms with Gasteiger partial charge in [0, 0.05) is 0 Å². The Morgan fingerprint density at radius 2 is 2.25 bits per heavy atom. The summed E-state index contributed by atoms with van der Waals surface area (Å²) in [6.07, 6.45) is 2.62. The molecule has 0 saturated carbocycles. The summed E-state index contributed by atoms with van der Waals surface area (Å²) in [7, 11) is 1.86. The van der Waals surface area contributed by atoms with Crippen molar-refractivity contribution in [3.63, 3.8) is 0 Å². The fourth-order valence-corrected chi connectivity index (χ4v) is 0.301. The Morgan fingerprint density at radius 1 is 1.62 bits per heavy atom. The van der Waals surface area contributed by atoms with Crippen LogP contribution in [0.2, 0.25) is 0 Å². The molecule has 0 saturated heterocycles. The van der Waals surface area contributed by atoms with Crippen molar-refractivity contribution in [3.05, 3.63) is 12.2 Å². The van der Waals surface area contributed by atoms with E-state index in [0.717, 1.165) is 5.82 Å². The van der Waals surface area contributed by atoms with E-state index in [1.807, 2.05) is 14.0 Å². The molecule has 0 N–H and O–H groups in total. The van der Waals surface area contributed by atoms with Crippen LogP contribution in [0.25, 0.3) is 0 Å². The van der Waals surface area contributed by atoms with E-state index in [4.69, 9.17) is 0 Å². The van der Waals surface area contributed by atoms with Gasteiger partial charge in [-0.25, -0.2) is 0 Å². The van der Waals surface area contributed by atoms with Crippen LogP contribution in [0.3, 0.4) is 0 Å². The first-order valence-electron chi connectivity index (χ1n) is 2.04. The Morgan fingerprint density at radius 3 is 2.38 bits per heavy atom. The molecule has 0 bridgehead atoms. The molecule has 0 unspecified atom stereocenters. The zero-order valence-electron chi connectivity index (χ0n) is 4.70. The van der Waals surface area contributed by atoms with E-state index in [1.165, 1.54) is 0 Å². The van der Waals surface area contributed by atoms with Crippen LogP contribution in [0.15, 0.2) is 0 Å². The molecule has 0 aliphatic carbocycles. The molecule has 1 radical (unpaired) electrons. The summed E-state index contributed by atoms with van der Waals surface area (Å²) < 4.78 is 1.74. The maximum absolute atomic E-state index is 3.67. The van der Waals surface area contributed by atoms with Crippen LogP contribution in [0.4, 0.5) is 0 Å². The first kappa shape index (κ1) is 7.76. The van der Waals surface area contributed by atoms with E-state index in [2.05, 4.69) is 16.5 Å². The minimum Gasteiger partial charge on any atom is -0.483 e. The van der Waals surface area contributed by atoms with Crippen LogP contribution < -0.4 is 0 Å². The summed E-state index contributed by atoms with van der Waals surface area (Å²) in [5.41, 5.74) is 0. The van der Waals surface area contributed by atoms with Gasteiger partial charge < -0.3 is 4.57 Å². The minimum atomic E-state index is 0. The van der Waals surface area contributed by atoms with Crippen LogP contribution in [0.5, 0.6) is 0 Å². The summed E-state index contributed by atoms with van der Waals surface area (Å²) in [5.74, 6) is 0.889. The SMILES string of the molecule is Cc1nn[c-]n1C.[Ru+]. The average molecular weight is 197 g/mol. The molecule has 4 heteroatoms. The number of hydrogen-bond acceptors (Lipinski definition) is 2. The van der Waals surface area contributed by atoms with Crippen LogP contribution in [0, 0.1) is 13.3 Å². The van der Waals surface area contributed by atoms with Crippen LogP contribution in [-0.2, 0) is 26.5 Å². The second-order valence-electron chi connectivity index (χ2n) is 1.41. The van der Waals surface area contributed by atoms with Crippen LogP contribution >= 0.6 is 0 Å². The predicted molar refractivity (Wildman–Crippen MR) is 24.6 cm³/mol. The van der Waals surface area contributed by atoms with E-state index >= 15 is 0 Å². The number of rotatable bonds is 0. The van der Waals surface area contributed by atoms with Crippen molar-refractivity contribution in [2.24, 2.45) is 7.05 Å². The molecule has 1 aromatic heterocycles. The van der Waals surface area contributed by atoms with E-state index < -0.39 is 0 Å². The average Bonchev–Trinajstić information content (AvgIpc) is 1.91. The van der Waals surface area contributed by atoms with Gasteiger partial charge in [-0.05, 0) is 19.2 Å². The molecule has 0 aromatic carbocycles. The van der Waals surface area contributed by atoms with Gasteiger partial charge in [0.15, 0.2) is 0 Å². The molecule has 1 aromatic rings. The summed E-state index contributed by atoms with van der Waals surface area (Å²) in [6.45, 7) is 1.88. The second kappa shape index (κ2) is 2.93. The maximum Gasteiger partial charge on any atom is 1.00 e. The van der Waals surface area contributed by atoms with Crippen LogP contribution in [-0.4, -0.2) is 14.8 Å². The summed E-state index contributed by atoms with van der Waals surface area (Å²) in [4.78, 5) is 0. The number of aryl methyl sites for hydroxylation is 2. The molecule has 0 aliphatic rings. The van der Waals surface area contributed by atoms with E-state index in [-0.39, 0.29) is 19.5 Å². The van der Waals surface area contributed by atoms with E-state index in [0.29, 0.717) is 0 Å². The van der Waals surface area contributed by atoms with Crippen LogP contribution in [0.1, 0.15) is 5.82 Å². The molecular formula is C4H6N3Ru. The Bertz CT molecular complexity index is 144. The van der Waals surface area contributed by atoms with Crippen molar-refractivity contribution in [2.75, 3.05) is 0 Å². The van der Waals surface area contributed by atoms with Gasteiger partial charge in [-0.15, -0.1) is 0 Å². The van der Waals surface area contributed by atoms with Crippen molar-refractivity contribution in [1.29, 1.82) is 0 Å². The Hall–Kier alpha value is -0.237. The quantitative estimate of drug-likeness (QED) is 0.430. The maximum atomic E-state index is 3.67. The van der Waals surface area contributed by atoms with Gasteiger partial charge >= 0.3 is 19.5 Å². The zero-order chi connectivity index (χ0) is 5.28. The smallest absolute Gasteiger partial charge is 0.483 e. The second-order valence-corrected chi connectivity index (χ2v) is 1.41. The van der Waals surface area contributed by atoms with Gasteiger partial charge in [-0.3, -0.25) is 10.2 Å². The Balaban J connectivity index is 0.000000490. The van der Waals surface area contributed by atoms with Crippen molar-refractivity contribution in [3.8, 4) is 0 Å². The van der Waals surface area contributed by atoms with Crippen molar-refractivity contribution < 1.29 is 19.5 Å². The molecule has 1 heterocycles. The standard InChI is InChI=1S/C4H6N3.Ru/c1-4-6-5-3-7(4)2;/h1-2H3;/q-1;+1. The predicted octanol–water partition coefficient (Wildman–Crippen LogP) is -0.0788. The van der Waals surface area contributed by atoms with Gasteiger partial charge in [0.05, 0.1) is 0 Å². The van der Waals surface area contributed by atoms with Gasteiger partial charge in [-0.1, -0.05) is 6.92 Å². The third kappa shape index (κ3) is 1.37. The zero-order valence-corrected chi connectivity index (χ0v) is 6.43. The van der Waals surface area contributed by atoms with Crippen molar-refractivity contribution in [1.82, 2.24) is 14.8 Å². The molecular weight excluding hydrogens is 191 g/mol. The third-order valence-corrected chi connectivity index (χ3v) is 0.875. The summed E-state index contributed by atoms with van der Waals surface area (Å²) in [6, 6.07) is 0. The first-order valence-corrected chi connectivity index (χ1v) is 2.04. The monoisotopic (exact) mass is 198 g/mol.